The molecule has 0 radical (unpaired) electrons. The van der Waals surface area contributed by atoms with Gasteiger partial charge in [-0.1, -0.05) is 36.4 Å². The fourth-order valence-electron chi connectivity index (χ4n) is 3.70. The third-order valence-electron chi connectivity index (χ3n) is 4.93. The van der Waals surface area contributed by atoms with E-state index >= 15 is 0 Å². The van der Waals surface area contributed by atoms with E-state index in [0.717, 1.165) is 11.3 Å². The molecule has 1 unspecified atom stereocenters. The summed E-state index contributed by atoms with van der Waals surface area (Å²) in [5.74, 6) is -0.480. The molecule has 0 aliphatic carbocycles. The van der Waals surface area contributed by atoms with Crippen LogP contribution in [0.15, 0.2) is 71.9 Å². The molecule has 2 heterocycles. The number of carbonyl (C=O) groups excluding carboxylic acids is 1. The number of hydrogen-bond donors (Lipinski definition) is 2. The van der Waals surface area contributed by atoms with Crippen molar-refractivity contribution in [1.82, 2.24) is 10.3 Å². The number of nitrogens with one attached hydrogen (secondary N) is 1. The van der Waals surface area contributed by atoms with Crippen molar-refractivity contribution in [2.24, 2.45) is 10.7 Å². The number of carbonyl (C=O) groups is 1. The molecule has 168 valence electrons. The van der Waals surface area contributed by atoms with Gasteiger partial charge in [-0.2, -0.15) is 0 Å². The number of anilines is 1. The van der Waals surface area contributed by atoms with Crippen LogP contribution >= 0.6 is 24.8 Å². The predicted octanol–water partition coefficient (Wildman–Crippen LogP) is 1.86. The largest absolute Gasteiger partial charge is 0.412 e. The number of para-hydroxylation sites is 1. The van der Waals surface area contributed by atoms with Gasteiger partial charge in [0.15, 0.2) is 5.66 Å². The summed E-state index contributed by atoms with van der Waals surface area (Å²) >= 11 is 0. The van der Waals surface area contributed by atoms with Gasteiger partial charge in [-0.25, -0.2) is 10.0 Å². The summed E-state index contributed by atoms with van der Waals surface area (Å²) in [6.07, 6.45) is 5.44. The number of primary amides is 1. The third kappa shape index (κ3) is 5.17. The first-order valence-electron chi connectivity index (χ1n) is 9.27. The Morgan fingerprint density at radius 1 is 1.06 bits per heavy atom. The highest BCUT2D eigenvalue weighted by atomic mass is 35.5. The van der Waals surface area contributed by atoms with Gasteiger partial charge in [-0.05, 0) is 24.3 Å². The van der Waals surface area contributed by atoms with Gasteiger partial charge in [0.05, 0.1) is 25.2 Å². The van der Waals surface area contributed by atoms with Crippen LogP contribution in [0.1, 0.15) is 15.9 Å². The zero-order chi connectivity index (χ0) is 19.4. The number of nitrogens with two attached hydrogens (primary N) is 1. The SMILES string of the molecule is Cl.Cl.NC(=O)c1ccccc1C1(N(c2ccccc2)N2CCOCC2)C=CNC=N1.O. The number of morpholine rings is 1. The van der Waals surface area contributed by atoms with Crippen molar-refractivity contribution in [3.05, 3.63) is 78.0 Å². The topological polar surface area (TPSA) is 115 Å². The number of hydrazine groups is 1. The maximum Gasteiger partial charge on any atom is 0.249 e. The maximum absolute atomic E-state index is 12.2. The molecule has 31 heavy (non-hydrogen) atoms. The number of aliphatic imine (C=N–C) groups is 1. The highest BCUT2D eigenvalue weighted by Crippen LogP contribution is 2.39. The average molecular weight is 468 g/mol. The van der Waals surface area contributed by atoms with E-state index in [1.807, 2.05) is 60.8 Å². The number of nitrogens with zero attached hydrogens (tertiary/aromatic N) is 3. The van der Waals surface area contributed by atoms with E-state index in [9.17, 15) is 4.79 Å². The Morgan fingerprint density at radius 3 is 2.32 bits per heavy atom. The van der Waals surface area contributed by atoms with Crippen molar-refractivity contribution < 1.29 is 15.0 Å². The molecule has 1 saturated heterocycles. The number of ether oxygens (including phenoxy) is 1. The van der Waals surface area contributed by atoms with Crippen molar-refractivity contribution in [3.63, 3.8) is 0 Å². The van der Waals surface area contributed by atoms with Gasteiger partial charge in [0, 0.05) is 30.4 Å². The normalized spacial score (nSPS) is 19.7. The molecule has 1 fully saturated rings. The zero-order valence-electron chi connectivity index (χ0n) is 16.8. The highest BCUT2D eigenvalue weighted by Gasteiger charge is 2.43. The van der Waals surface area contributed by atoms with Crippen molar-refractivity contribution >= 4 is 42.7 Å². The lowest BCUT2D eigenvalue weighted by atomic mass is 9.92. The third-order valence-corrected chi connectivity index (χ3v) is 4.93. The van der Waals surface area contributed by atoms with Crippen LogP contribution in [0.25, 0.3) is 0 Å². The summed E-state index contributed by atoms with van der Waals surface area (Å²) in [6, 6.07) is 17.4. The summed E-state index contributed by atoms with van der Waals surface area (Å²) < 4.78 is 5.56. The minimum atomic E-state index is -0.949. The van der Waals surface area contributed by atoms with Crippen LogP contribution in [0.2, 0.25) is 0 Å². The van der Waals surface area contributed by atoms with E-state index < -0.39 is 11.6 Å². The lowest BCUT2D eigenvalue weighted by Gasteiger charge is -2.49. The Morgan fingerprint density at radius 2 is 1.71 bits per heavy atom. The van der Waals surface area contributed by atoms with E-state index in [2.05, 4.69) is 15.3 Å². The summed E-state index contributed by atoms with van der Waals surface area (Å²) in [4.78, 5) is 17.1. The fourth-order valence-corrected chi connectivity index (χ4v) is 3.70. The van der Waals surface area contributed by atoms with Crippen molar-refractivity contribution in [3.8, 4) is 0 Å². The molecule has 2 aliphatic heterocycles. The number of rotatable bonds is 5. The van der Waals surface area contributed by atoms with Gasteiger partial charge in [-0.15, -0.1) is 24.8 Å². The number of halogens is 2. The molecule has 2 aliphatic rings. The maximum atomic E-state index is 12.2. The Balaban J connectivity index is 0.00000160. The second kappa shape index (κ2) is 11.7. The average Bonchev–Trinajstić information content (AvgIpc) is 2.76. The van der Waals surface area contributed by atoms with Gasteiger partial charge >= 0.3 is 0 Å². The quantitative estimate of drug-likeness (QED) is 0.695. The molecule has 1 amide bonds. The number of hydrogen-bond acceptors (Lipinski definition) is 6. The lowest BCUT2D eigenvalue weighted by Crippen LogP contribution is -2.58. The van der Waals surface area contributed by atoms with Crippen LogP contribution in [0, 0.1) is 0 Å². The van der Waals surface area contributed by atoms with Gasteiger partial charge in [0.25, 0.3) is 0 Å². The molecule has 5 N–H and O–H groups in total. The second-order valence-corrected chi connectivity index (χ2v) is 6.61. The number of benzene rings is 2. The summed E-state index contributed by atoms with van der Waals surface area (Å²) in [7, 11) is 0. The minimum Gasteiger partial charge on any atom is -0.412 e. The molecule has 0 bridgehead atoms. The van der Waals surface area contributed by atoms with Crippen LogP contribution in [-0.4, -0.2) is 49.0 Å². The van der Waals surface area contributed by atoms with E-state index in [-0.39, 0.29) is 30.3 Å². The molecule has 1 atom stereocenters. The first kappa shape index (κ1) is 26.4. The highest BCUT2D eigenvalue weighted by molar-refractivity contribution is 5.95. The Bertz CT molecular complexity index is 893. The Labute approximate surface area is 193 Å². The van der Waals surface area contributed by atoms with E-state index in [4.69, 9.17) is 15.5 Å². The van der Waals surface area contributed by atoms with Gasteiger partial charge in [-0.3, -0.25) is 9.80 Å². The molecule has 10 heteroatoms. The van der Waals surface area contributed by atoms with Crippen LogP contribution in [-0.2, 0) is 10.4 Å². The van der Waals surface area contributed by atoms with Crippen molar-refractivity contribution in [1.29, 1.82) is 0 Å². The Kier molecular flexibility index (Phi) is 9.96. The lowest BCUT2D eigenvalue weighted by molar-refractivity contribution is 0.0209. The van der Waals surface area contributed by atoms with Crippen molar-refractivity contribution in [2.75, 3.05) is 31.3 Å². The standard InChI is InChI=1S/C21H23N5O2.2ClH.H2O/c22-20(27)18-8-4-5-9-19(18)21(10-11-23-16-24-21)26(17-6-2-1-3-7-17)25-12-14-28-15-13-25;;;/h1-11,16H,12-15H2,(H2,22,27)(H,23,24);2*1H;1H2. The predicted molar refractivity (Wildman–Crippen MR) is 127 cm³/mol. The van der Waals surface area contributed by atoms with Gasteiger partial charge in [0.2, 0.25) is 5.91 Å². The van der Waals surface area contributed by atoms with Crippen LogP contribution in [0.4, 0.5) is 5.69 Å². The van der Waals surface area contributed by atoms with E-state index in [1.54, 1.807) is 12.4 Å². The van der Waals surface area contributed by atoms with E-state index in [0.29, 0.717) is 31.9 Å². The summed E-state index contributed by atoms with van der Waals surface area (Å²) in [5.41, 5.74) is 6.90. The van der Waals surface area contributed by atoms with Crippen LogP contribution in [0.3, 0.4) is 0 Å². The molecule has 4 rings (SSSR count). The first-order valence-corrected chi connectivity index (χ1v) is 9.27. The molecule has 2 aromatic rings. The fraction of sp³-hybridized carbons (Fsp3) is 0.238. The summed E-state index contributed by atoms with van der Waals surface area (Å²) in [5, 5.41) is 7.35. The Hall–Kier alpha value is -2.62. The monoisotopic (exact) mass is 467 g/mol. The second-order valence-electron chi connectivity index (χ2n) is 6.61. The van der Waals surface area contributed by atoms with E-state index in [1.165, 1.54) is 0 Å². The molecule has 2 aromatic carbocycles. The minimum absolute atomic E-state index is 0. The first-order chi connectivity index (χ1) is 13.7. The smallest absolute Gasteiger partial charge is 0.249 e. The van der Waals surface area contributed by atoms with Crippen molar-refractivity contribution in [2.45, 2.75) is 5.66 Å². The molecular weight excluding hydrogens is 441 g/mol. The molecule has 0 saturated carbocycles. The van der Waals surface area contributed by atoms with Crippen LogP contribution < -0.4 is 16.1 Å². The molecule has 0 aromatic heterocycles. The molecule has 8 nitrogen and oxygen atoms in total. The summed E-state index contributed by atoms with van der Waals surface area (Å²) in [6.45, 7) is 2.68. The van der Waals surface area contributed by atoms with Gasteiger partial charge in [0.1, 0.15) is 0 Å². The van der Waals surface area contributed by atoms with Crippen LogP contribution in [0.5, 0.6) is 0 Å². The number of amides is 1. The molecular formula is C21H27Cl2N5O3. The molecule has 0 spiro atoms. The van der Waals surface area contributed by atoms with Gasteiger partial charge < -0.3 is 21.3 Å². The zero-order valence-corrected chi connectivity index (χ0v) is 18.4.